The molecule has 1 fully saturated rings. The van der Waals surface area contributed by atoms with E-state index in [0.29, 0.717) is 15.9 Å². The Morgan fingerprint density at radius 1 is 1.09 bits per heavy atom. The van der Waals surface area contributed by atoms with Gasteiger partial charge in [-0.3, -0.25) is 4.98 Å². The van der Waals surface area contributed by atoms with Crippen LogP contribution in [0.1, 0.15) is 23.5 Å². The van der Waals surface area contributed by atoms with E-state index < -0.39 is 0 Å². The Kier molecular flexibility index (Phi) is 6.10. The first-order valence-electron chi connectivity index (χ1n) is 10.2. The van der Waals surface area contributed by atoms with Gasteiger partial charge in [-0.2, -0.15) is 0 Å². The highest BCUT2D eigenvalue weighted by Gasteiger charge is 2.42. The van der Waals surface area contributed by atoms with Gasteiger partial charge >= 0.3 is 0 Å². The molecule has 2 atom stereocenters. The van der Waals surface area contributed by atoms with Gasteiger partial charge in [0.1, 0.15) is 23.3 Å². The summed E-state index contributed by atoms with van der Waals surface area (Å²) in [6.45, 7) is 0. The first-order valence-corrected chi connectivity index (χ1v) is 11.8. The lowest BCUT2D eigenvalue weighted by atomic mass is 10.0. The van der Waals surface area contributed by atoms with Crippen molar-refractivity contribution in [3.63, 3.8) is 0 Å². The maximum Gasteiger partial charge on any atom is 0.174 e. The van der Waals surface area contributed by atoms with Gasteiger partial charge in [0.2, 0.25) is 0 Å². The van der Waals surface area contributed by atoms with Gasteiger partial charge < -0.3 is 19.4 Å². The van der Waals surface area contributed by atoms with Crippen LogP contribution in [0.3, 0.4) is 0 Å². The predicted molar refractivity (Wildman–Crippen MR) is 138 cm³/mol. The number of ether oxygens (including phenoxy) is 1. The van der Waals surface area contributed by atoms with Crippen molar-refractivity contribution < 1.29 is 9.15 Å². The number of pyridine rings is 1. The molecule has 5 nitrogen and oxygen atoms in total. The zero-order chi connectivity index (χ0) is 22.9. The number of nitrogens with one attached hydrogen (secondary N) is 1. The zero-order valence-electron chi connectivity index (χ0n) is 17.5. The molecule has 0 amide bonds. The summed E-state index contributed by atoms with van der Waals surface area (Å²) in [7, 11) is 1.59. The number of hydrogen-bond acceptors (Lipinski definition) is 4. The lowest BCUT2D eigenvalue weighted by Gasteiger charge is -2.26. The Labute approximate surface area is 210 Å². The Bertz CT molecular complexity index is 1300. The smallest absolute Gasteiger partial charge is 0.174 e. The van der Waals surface area contributed by atoms with Gasteiger partial charge in [0.25, 0.3) is 0 Å². The van der Waals surface area contributed by atoms with Crippen molar-refractivity contribution in [2.24, 2.45) is 0 Å². The Morgan fingerprint density at radius 3 is 2.61 bits per heavy atom. The molecule has 5 rings (SSSR count). The van der Waals surface area contributed by atoms with Crippen LogP contribution in [0.2, 0.25) is 5.02 Å². The van der Waals surface area contributed by atoms with Crippen molar-refractivity contribution in [2.75, 3.05) is 12.0 Å². The molecule has 2 aromatic heterocycles. The molecule has 1 saturated heterocycles. The molecule has 3 heterocycles. The van der Waals surface area contributed by atoms with Gasteiger partial charge in [0.15, 0.2) is 5.11 Å². The summed E-state index contributed by atoms with van der Waals surface area (Å²) in [5.41, 5.74) is 2.70. The third-order valence-corrected chi connectivity index (χ3v) is 6.70. The van der Waals surface area contributed by atoms with Crippen molar-refractivity contribution >= 4 is 50.5 Å². The van der Waals surface area contributed by atoms with Gasteiger partial charge in [-0.1, -0.05) is 45.7 Å². The van der Waals surface area contributed by atoms with Gasteiger partial charge in [-0.15, -0.1) is 0 Å². The molecule has 1 N–H and O–H groups in total. The first kappa shape index (κ1) is 21.9. The number of furan rings is 1. The van der Waals surface area contributed by atoms with E-state index >= 15 is 0 Å². The fourth-order valence-corrected chi connectivity index (χ4v) is 4.87. The summed E-state index contributed by atoms with van der Waals surface area (Å²) in [6, 6.07) is 23.0. The van der Waals surface area contributed by atoms with Crippen LogP contribution in [0.5, 0.6) is 5.75 Å². The van der Waals surface area contributed by atoms with Crippen molar-refractivity contribution in [2.45, 2.75) is 12.1 Å². The molecule has 8 heteroatoms. The molecule has 0 unspecified atom stereocenters. The highest BCUT2D eigenvalue weighted by atomic mass is 79.9. The second kappa shape index (κ2) is 9.17. The lowest BCUT2D eigenvalue weighted by Crippen LogP contribution is -2.29. The van der Waals surface area contributed by atoms with Crippen LogP contribution in [0, 0.1) is 0 Å². The molecule has 1 aliphatic rings. The van der Waals surface area contributed by atoms with E-state index in [0.717, 1.165) is 32.9 Å². The molecular weight excluding hydrogens is 522 g/mol. The van der Waals surface area contributed by atoms with Gasteiger partial charge in [-0.05, 0) is 66.8 Å². The number of methoxy groups -OCH3 is 1. The van der Waals surface area contributed by atoms with Crippen LogP contribution in [-0.2, 0) is 0 Å². The van der Waals surface area contributed by atoms with Crippen LogP contribution in [0.15, 0.2) is 87.9 Å². The van der Waals surface area contributed by atoms with Crippen LogP contribution >= 0.6 is 39.7 Å². The summed E-state index contributed by atoms with van der Waals surface area (Å²) in [5.74, 6) is 2.15. The minimum atomic E-state index is -0.263. The van der Waals surface area contributed by atoms with Gasteiger partial charge in [0.05, 0.1) is 23.9 Å². The molecule has 0 aliphatic carbocycles. The number of nitrogens with zero attached hydrogens (tertiary/aromatic N) is 2. The van der Waals surface area contributed by atoms with E-state index in [1.807, 2.05) is 77.7 Å². The monoisotopic (exact) mass is 539 g/mol. The quantitative estimate of drug-likeness (QED) is 0.277. The largest absolute Gasteiger partial charge is 0.495 e. The van der Waals surface area contributed by atoms with Gasteiger partial charge in [0, 0.05) is 21.9 Å². The normalized spacial score (nSPS) is 17.8. The molecule has 166 valence electrons. The fraction of sp³-hybridized carbons (Fsp3) is 0.120. The molecule has 0 bridgehead atoms. The number of hydrogen-bond donors (Lipinski definition) is 1. The molecule has 1 aliphatic heterocycles. The zero-order valence-corrected chi connectivity index (χ0v) is 20.7. The molecule has 0 saturated carbocycles. The lowest BCUT2D eigenvalue weighted by molar-refractivity contribution is 0.415. The summed E-state index contributed by atoms with van der Waals surface area (Å²) < 4.78 is 12.7. The molecule has 0 spiro atoms. The first-order chi connectivity index (χ1) is 16.0. The summed E-state index contributed by atoms with van der Waals surface area (Å²) in [5, 5.41) is 4.50. The molecule has 2 aromatic carbocycles. The number of halogens is 2. The van der Waals surface area contributed by atoms with E-state index in [4.69, 9.17) is 33.0 Å². The summed E-state index contributed by atoms with van der Waals surface area (Å²) in [4.78, 5) is 6.59. The van der Waals surface area contributed by atoms with Crippen LogP contribution < -0.4 is 15.0 Å². The average Bonchev–Trinajstić information content (AvgIpc) is 3.44. The number of anilines is 1. The number of rotatable bonds is 5. The molecule has 0 radical (unpaired) electrons. The second-order valence-electron chi connectivity index (χ2n) is 7.52. The van der Waals surface area contributed by atoms with E-state index in [2.05, 4.69) is 26.2 Å². The van der Waals surface area contributed by atoms with E-state index in [1.54, 1.807) is 13.3 Å². The SMILES string of the molecule is COc1ccc(N2C(=S)N[C@H](c3ccccn3)[C@@H]2c2ccc(-c3ccc(Br)cc3)o2)cc1Cl. The molecular formula is C25H19BrClN3O2S. The molecule has 4 aromatic rings. The minimum absolute atomic E-state index is 0.205. The van der Waals surface area contributed by atoms with Crippen LogP contribution in [-0.4, -0.2) is 17.2 Å². The number of aromatic nitrogens is 1. The standard InChI is InChI=1S/C25H19BrClN3O2S/c1-31-21-10-9-17(14-18(21)27)30-24(23(29-25(30)33)19-4-2-3-13-28-19)22-12-11-20(32-22)15-5-7-16(26)8-6-15/h2-14,23-24H,1H3,(H,29,33)/t23-,24+/m1/s1. The maximum absolute atomic E-state index is 6.44. The van der Waals surface area contributed by atoms with E-state index in [1.165, 1.54) is 0 Å². The maximum atomic E-state index is 6.44. The third kappa shape index (κ3) is 4.24. The van der Waals surface area contributed by atoms with Crippen molar-refractivity contribution in [1.82, 2.24) is 10.3 Å². The highest BCUT2D eigenvalue weighted by Crippen LogP contribution is 2.44. The van der Waals surface area contributed by atoms with E-state index in [-0.39, 0.29) is 12.1 Å². The Balaban J connectivity index is 1.59. The van der Waals surface area contributed by atoms with Crippen molar-refractivity contribution in [3.05, 3.63) is 99.9 Å². The van der Waals surface area contributed by atoms with Crippen LogP contribution in [0.4, 0.5) is 5.69 Å². The number of thiocarbonyl (C=S) groups is 1. The Hall–Kier alpha value is -2.87. The second-order valence-corrected chi connectivity index (χ2v) is 9.23. The fourth-order valence-electron chi connectivity index (χ4n) is 4.01. The topological polar surface area (TPSA) is 50.5 Å². The predicted octanol–water partition coefficient (Wildman–Crippen LogP) is 6.94. The van der Waals surface area contributed by atoms with Gasteiger partial charge in [-0.25, -0.2) is 0 Å². The van der Waals surface area contributed by atoms with Crippen molar-refractivity contribution in [3.8, 4) is 17.1 Å². The van der Waals surface area contributed by atoms with E-state index in [9.17, 15) is 0 Å². The highest BCUT2D eigenvalue weighted by molar-refractivity contribution is 9.10. The summed E-state index contributed by atoms with van der Waals surface area (Å²) >= 11 is 15.7. The number of benzene rings is 2. The average molecular weight is 541 g/mol. The summed E-state index contributed by atoms with van der Waals surface area (Å²) in [6.07, 6.45) is 1.78. The Morgan fingerprint density at radius 2 is 1.91 bits per heavy atom. The van der Waals surface area contributed by atoms with Crippen molar-refractivity contribution in [1.29, 1.82) is 0 Å². The minimum Gasteiger partial charge on any atom is -0.495 e. The third-order valence-electron chi connectivity index (χ3n) is 5.56. The molecule has 33 heavy (non-hydrogen) atoms. The van der Waals surface area contributed by atoms with Crippen LogP contribution in [0.25, 0.3) is 11.3 Å².